The van der Waals surface area contributed by atoms with Crippen LogP contribution in [0.2, 0.25) is 0 Å². The number of carbonyl (C=O) groups is 2. The van der Waals surface area contributed by atoms with Crippen molar-refractivity contribution in [3.63, 3.8) is 0 Å². The number of aliphatic hydroxyl groups is 2. The van der Waals surface area contributed by atoms with Crippen molar-refractivity contribution >= 4 is 12.0 Å². The molecule has 6 atom stereocenters. The highest BCUT2D eigenvalue weighted by molar-refractivity contribution is 5.94. The fourth-order valence-electron chi connectivity index (χ4n) is 6.57. The van der Waals surface area contributed by atoms with Crippen molar-refractivity contribution in [1.82, 2.24) is 30.8 Å². The molecule has 2 aliphatic rings. The molecule has 1 saturated heterocycles. The molecule has 1 aliphatic carbocycles. The predicted molar refractivity (Wildman–Crippen MR) is 160 cm³/mol. The van der Waals surface area contributed by atoms with Crippen molar-refractivity contribution in [2.24, 2.45) is 5.92 Å². The molecule has 0 spiro atoms. The Morgan fingerprint density at radius 3 is 2.40 bits per heavy atom. The Balaban J connectivity index is 1.26. The summed E-state index contributed by atoms with van der Waals surface area (Å²) in [5.74, 6) is -4.52. The van der Waals surface area contributed by atoms with E-state index in [9.17, 15) is 33.0 Å². The average molecular weight is 681 g/mol. The quantitative estimate of drug-likeness (QED) is 0.186. The first-order valence-corrected chi connectivity index (χ1v) is 15.7. The Hall–Kier alpha value is -3.90. The first kappa shape index (κ1) is 35.4. The maximum atomic E-state index is 13.9. The third-order valence-electron chi connectivity index (χ3n) is 9.05. The van der Waals surface area contributed by atoms with Crippen LogP contribution in [0.5, 0.6) is 0 Å². The van der Waals surface area contributed by atoms with Crippen LogP contribution in [0.25, 0.3) is 11.3 Å². The molecule has 5 N–H and O–H groups in total. The molecule has 1 saturated carbocycles. The lowest BCUT2D eigenvalue weighted by Crippen LogP contribution is -2.57. The van der Waals surface area contributed by atoms with E-state index in [2.05, 4.69) is 20.8 Å². The van der Waals surface area contributed by atoms with Crippen LogP contribution in [-0.2, 0) is 20.7 Å². The number of methoxy groups -OCH3 is 1. The lowest BCUT2D eigenvalue weighted by molar-refractivity contribution is -0.212. The van der Waals surface area contributed by atoms with E-state index in [1.165, 1.54) is 18.0 Å². The highest BCUT2D eigenvalue weighted by Crippen LogP contribution is 2.36. The first-order chi connectivity index (χ1) is 22.9. The summed E-state index contributed by atoms with van der Waals surface area (Å²) < 4.78 is 59.9. The van der Waals surface area contributed by atoms with E-state index in [0.717, 1.165) is 43.5 Å². The number of hydrogen-bond acceptors (Lipinski definition) is 11. The SMILES string of the molecule is CO[C@@H]1[C@@H](n2cc(-c3cc(F)c(F)c(F)c3)nn2)[C@@H](O)[C@@H](CO)O[C@@H]1Cc1cc(C2CCC(N[C@H](C(=O)NC(=O)O)C(C)C)CC2)no1. The van der Waals surface area contributed by atoms with Gasteiger partial charge in [0.2, 0.25) is 5.91 Å². The molecule has 5 rings (SSSR count). The van der Waals surface area contributed by atoms with Gasteiger partial charge in [-0.2, -0.15) is 0 Å². The largest absolute Gasteiger partial charge is 0.465 e. The molecule has 48 heavy (non-hydrogen) atoms. The zero-order valence-electron chi connectivity index (χ0n) is 26.6. The maximum Gasteiger partial charge on any atom is 0.411 e. The van der Waals surface area contributed by atoms with Gasteiger partial charge in [-0.15, -0.1) is 5.10 Å². The normalized spacial score (nSPS) is 26.8. The molecule has 0 unspecified atom stereocenters. The van der Waals surface area contributed by atoms with E-state index in [1.807, 2.05) is 25.2 Å². The van der Waals surface area contributed by atoms with Gasteiger partial charge in [0.25, 0.3) is 0 Å². The molecule has 17 heteroatoms. The van der Waals surface area contributed by atoms with Crippen molar-refractivity contribution in [3.8, 4) is 11.3 Å². The molecule has 1 aromatic carbocycles. The third-order valence-corrected chi connectivity index (χ3v) is 9.05. The summed E-state index contributed by atoms with van der Waals surface area (Å²) in [6.07, 6.45) is -0.858. The number of ether oxygens (including phenoxy) is 2. The summed E-state index contributed by atoms with van der Waals surface area (Å²) in [4.78, 5) is 23.3. The molecule has 0 bridgehead atoms. The van der Waals surface area contributed by atoms with Gasteiger partial charge in [0.1, 0.15) is 35.8 Å². The summed E-state index contributed by atoms with van der Waals surface area (Å²) in [5.41, 5.74) is 0.699. The van der Waals surface area contributed by atoms with E-state index < -0.39 is 72.6 Å². The van der Waals surface area contributed by atoms with Gasteiger partial charge in [0.15, 0.2) is 17.5 Å². The molecular formula is C31H39F3N6O8. The lowest BCUT2D eigenvalue weighted by atomic mass is 9.83. The first-order valence-electron chi connectivity index (χ1n) is 15.7. The van der Waals surface area contributed by atoms with E-state index in [-0.39, 0.29) is 35.6 Å². The monoisotopic (exact) mass is 680 g/mol. The van der Waals surface area contributed by atoms with E-state index >= 15 is 0 Å². The fraction of sp³-hybridized carbons (Fsp3) is 0.581. The number of carbonyl (C=O) groups excluding carboxylic acids is 1. The van der Waals surface area contributed by atoms with Crippen LogP contribution in [0.3, 0.4) is 0 Å². The average Bonchev–Trinajstić information content (AvgIpc) is 3.73. The molecule has 2 fully saturated rings. The number of halogens is 3. The van der Waals surface area contributed by atoms with Gasteiger partial charge in [0.05, 0.1) is 30.6 Å². The maximum absolute atomic E-state index is 13.9. The van der Waals surface area contributed by atoms with Crippen LogP contribution in [0.4, 0.5) is 18.0 Å². The Morgan fingerprint density at radius 1 is 1.10 bits per heavy atom. The number of aromatic nitrogens is 4. The van der Waals surface area contributed by atoms with Crippen molar-refractivity contribution < 1.29 is 52.1 Å². The highest BCUT2D eigenvalue weighted by atomic mass is 19.2. The molecule has 2 aromatic heterocycles. The number of hydrogen-bond donors (Lipinski definition) is 5. The lowest BCUT2D eigenvalue weighted by Gasteiger charge is -2.43. The van der Waals surface area contributed by atoms with Gasteiger partial charge in [-0.3, -0.25) is 10.1 Å². The van der Waals surface area contributed by atoms with Crippen LogP contribution in [0.15, 0.2) is 28.9 Å². The summed E-state index contributed by atoms with van der Waals surface area (Å²) >= 11 is 0. The van der Waals surface area contributed by atoms with Crippen LogP contribution in [0, 0.1) is 23.4 Å². The van der Waals surface area contributed by atoms with Gasteiger partial charge in [0, 0.05) is 37.1 Å². The van der Waals surface area contributed by atoms with Crippen molar-refractivity contribution in [2.75, 3.05) is 13.7 Å². The minimum atomic E-state index is -1.61. The fourth-order valence-corrected chi connectivity index (χ4v) is 6.57. The topological polar surface area (TPSA) is 194 Å². The van der Waals surface area contributed by atoms with Gasteiger partial charge >= 0.3 is 6.09 Å². The second kappa shape index (κ2) is 15.1. The van der Waals surface area contributed by atoms with E-state index in [0.29, 0.717) is 5.76 Å². The van der Waals surface area contributed by atoms with Gasteiger partial charge < -0.3 is 34.6 Å². The number of nitrogens with zero attached hydrogens (tertiary/aromatic N) is 4. The molecule has 3 heterocycles. The molecule has 0 radical (unpaired) electrons. The summed E-state index contributed by atoms with van der Waals surface area (Å²) in [6.45, 7) is 3.16. The van der Waals surface area contributed by atoms with Crippen molar-refractivity contribution in [2.45, 2.75) is 94.4 Å². The molecule has 262 valence electrons. The number of nitrogens with one attached hydrogen (secondary N) is 2. The minimum Gasteiger partial charge on any atom is -0.465 e. The number of imide groups is 1. The van der Waals surface area contributed by atoms with Crippen LogP contribution < -0.4 is 10.6 Å². The molecule has 14 nitrogen and oxygen atoms in total. The Morgan fingerprint density at radius 2 is 1.79 bits per heavy atom. The number of rotatable bonds is 11. The molecular weight excluding hydrogens is 641 g/mol. The van der Waals surface area contributed by atoms with Crippen LogP contribution in [0.1, 0.15) is 62.9 Å². The third kappa shape index (κ3) is 7.70. The molecule has 3 aromatic rings. The standard InChI is InChI=1S/C31H39F3N6O8/c1-14(2)26(30(43)36-31(44)45)35-17-6-4-15(5-7-17)21-10-18(48-38-21)11-23-29(46-3)27(28(42)24(13-41)47-23)40-12-22(37-39-40)16-8-19(32)25(34)20(33)9-16/h8-10,12,14-15,17,23-24,26-29,35,41-42H,4-7,11,13H2,1-3H3,(H,36,43)(H,44,45)/t15?,17?,23-,24-,26+,27+,28+,29+/m1/s1. The zero-order chi connectivity index (χ0) is 34.7. The smallest absolute Gasteiger partial charge is 0.411 e. The summed E-state index contributed by atoms with van der Waals surface area (Å²) in [5, 5.41) is 47.6. The number of aliphatic hydroxyl groups excluding tert-OH is 2. The minimum absolute atomic E-state index is 0.0199. The summed E-state index contributed by atoms with van der Waals surface area (Å²) in [6, 6.07) is 1.83. The molecule has 1 aliphatic heterocycles. The second-order valence-electron chi connectivity index (χ2n) is 12.6. The Labute approximate surface area is 273 Å². The van der Waals surface area contributed by atoms with Crippen molar-refractivity contribution in [1.29, 1.82) is 0 Å². The van der Waals surface area contributed by atoms with Crippen molar-refractivity contribution in [3.05, 3.63) is 53.3 Å². The van der Waals surface area contributed by atoms with Crippen LogP contribution >= 0.6 is 0 Å². The number of benzene rings is 1. The second-order valence-corrected chi connectivity index (χ2v) is 12.6. The Kier molecular flexibility index (Phi) is 11.1. The van der Waals surface area contributed by atoms with E-state index in [4.69, 9.17) is 19.1 Å². The highest BCUT2D eigenvalue weighted by Gasteiger charge is 2.47. The van der Waals surface area contributed by atoms with E-state index in [1.54, 1.807) is 0 Å². The van der Waals surface area contributed by atoms with Gasteiger partial charge in [-0.05, 0) is 43.7 Å². The van der Waals surface area contributed by atoms with Gasteiger partial charge in [-0.25, -0.2) is 22.6 Å². The van der Waals surface area contributed by atoms with Gasteiger partial charge in [-0.1, -0.05) is 24.2 Å². The summed E-state index contributed by atoms with van der Waals surface area (Å²) in [7, 11) is 1.41. The Bertz CT molecular complexity index is 1560. The zero-order valence-corrected chi connectivity index (χ0v) is 26.6. The predicted octanol–water partition coefficient (Wildman–Crippen LogP) is 2.70. The molecule has 2 amide bonds. The van der Waals surface area contributed by atoms with Crippen LogP contribution in [-0.4, -0.2) is 97.7 Å². The number of amides is 2. The number of carboxylic acid groups (broad SMARTS) is 1.